The molecule has 5 nitrogen and oxygen atoms in total. The quantitative estimate of drug-likeness (QED) is 0.748. The minimum absolute atomic E-state index is 0.00488. The van der Waals surface area contributed by atoms with Gasteiger partial charge >= 0.3 is 0 Å². The van der Waals surface area contributed by atoms with Gasteiger partial charge in [-0.1, -0.05) is 18.2 Å². The predicted molar refractivity (Wildman–Crippen MR) is 108 cm³/mol. The van der Waals surface area contributed by atoms with Gasteiger partial charge in [0.1, 0.15) is 11.6 Å². The van der Waals surface area contributed by atoms with Crippen LogP contribution in [0.2, 0.25) is 0 Å². The average Bonchev–Trinajstić information content (AvgIpc) is 3.41. The number of aromatic nitrogens is 2. The molecule has 0 unspecified atom stereocenters. The monoisotopic (exact) mass is 373 g/mol. The van der Waals surface area contributed by atoms with E-state index in [9.17, 15) is 4.79 Å². The molecule has 5 rings (SSSR count). The van der Waals surface area contributed by atoms with Crippen LogP contribution in [0.1, 0.15) is 41.6 Å². The van der Waals surface area contributed by atoms with Crippen LogP contribution in [0.15, 0.2) is 54.9 Å². The van der Waals surface area contributed by atoms with E-state index in [1.54, 1.807) is 6.20 Å². The van der Waals surface area contributed by atoms with Crippen molar-refractivity contribution in [1.29, 1.82) is 0 Å². The molecule has 0 saturated heterocycles. The Morgan fingerprint density at radius 1 is 1.07 bits per heavy atom. The number of nitrogens with one attached hydrogen (secondary N) is 1. The summed E-state index contributed by atoms with van der Waals surface area (Å²) in [6.45, 7) is 0.702. The molecule has 1 aliphatic heterocycles. The first-order valence-corrected chi connectivity index (χ1v) is 10.0. The summed E-state index contributed by atoms with van der Waals surface area (Å²) < 4.78 is 8.34. The zero-order valence-electron chi connectivity index (χ0n) is 15.7. The number of carbonyl (C=O) groups excluding carboxylic acids is 1. The SMILES string of the molecule is O=C1NCCc2ccc(-n3ccnc3-c3ccccc3OC3CCCC3)cc21. The number of amides is 1. The fraction of sp³-hybridized carbons (Fsp3) is 0.304. The Morgan fingerprint density at radius 3 is 2.82 bits per heavy atom. The highest BCUT2D eigenvalue weighted by Gasteiger charge is 2.21. The molecule has 2 aliphatic rings. The van der Waals surface area contributed by atoms with Gasteiger partial charge in [-0.05, 0) is 61.9 Å². The van der Waals surface area contributed by atoms with Gasteiger partial charge in [-0.3, -0.25) is 9.36 Å². The second kappa shape index (κ2) is 7.15. The average molecular weight is 373 g/mol. The van der Waals surface area contributed by atoms with Crippen molar-refractivity contribution in [3.63, 3.8) is 0 Å². The molecule has 0 radical (unpaired) electrons. The van der Waals surface area contributed by atoms with E-state index in [1.807, 2.05) is 47.2 Å². The first kappa shape index (κ1) is 17.0. The van der Waals surface area contributed by atoms with Gasteiger partial charge < -0.3 is 10.1 Å². The summed E-state index contributed by atoms with van der Waals surface area (Å²) in [7, 11) is 0. The van der Waals surface area contributed by atoms with Gasteiger partial charge in [0.15, 0.2) is 0 Å². The zero-order chi connectivity index (χ0) is 18.9. The van der Waals surface area contributed by atoms with E-state index in [0.717, 1.165) is 53.2 Å². The van der Waals surface area contributed by atoms with Gasteiger partial charge in [0, 0.05) is 30.2 Å². The molecule has 1 saturated carbocycles. The number of nitrogens with zero attached hydrogens (tertiary/aromatic N) is 2. The second-order valence-electron chi connectivity index (χ2n) is 7.49. The van der Waals surface area contributed by atoms with Crippen molar-refractivity contribution in [1.82, 2.24) is 14.9 Å². The summed E-state index contributed by atoms with van der Waals surface area (Å²) in [5.41, 5.74) is 3.75. The fourth-order valence-electron chi connectivity index (χ4n) is 4.20. The van der Waals surface area contributed by atoms with Crippen molar-refractivity contribution in [2.45, 2.75) is 38.2 Å². The van der Waals surface area contributed by atoms with Gasteiger partial charge in [0.25, 0.3) is 5.91 Å². The minimum Gasteiger partial charge on any atom is -0.490 e. The van der Waals surface area contributed by atoms with Gasteiger partial charge in [0.05, 0.1) is 11.7 Å². The molecule has 2 aromatic carbocycles. The number of fused-ring (bicyclic) bond motifs is 1. The zero-order valence-corrected chi connectivity index (χ0v) is 15.7. The number of carbonyl (C=O) groups is 1. The van der Waals surface area contributed by atoms with Crippen molar-refractivity contribution >= 4 is 5.91 Å². The molecule has 1 amide bonds. The molecular weight excluding hydrogens is 350 g/mol. The van der Waals surface area contributed by atoms with Crippen LogP contribution in [-0.2, 0) is 6.42 Å². The standard InChI is InChI=1S/C23H23N3O2/c27-23-20-15-17(10-9-16(20)11-12-25-23)26-14-13-24-22(26)19-7-3-4-8-21(19)28-18-5-1-2-6-18/h3-4,7-10,13-15,18H,1-2,5-6,11-12H2,(H,25,27). The summed E-state index contributed by atoms with van der Waals surface area (Å²) in [4.78, 5) is 16.9. The number of para-hydroxylation sites is 1. The third kappa shape index (κ3) is 3.07. The van der Waals surface area contributed by atoms with Gasteiger partial charge in [-0.25, -0.2) is 4.98 Å². The lowest BCUT2D eigenvalue weighted by molar-refractivity contribution is 0.0946. The molecule has 1 aliphatic carbocycles. The van der Waals surface area contributed by atoms with Crippen LogP contribution in [0.5, 0.6) is 5.75 Å². The Balaban J connectivity index is 1.54. The molecule has 2 heterocycles. The summed E-state index contributed by atoms with van der Waals surface area (Å²) in [5.74, 6) is 1.69. The van der Waals surface area contributed by atoms with Crippen LogP contribution in [0.25, 0.3) is 17.1 Å². The normalized spacial score (nSPS) is 16.6. The van der Waals surface area contributed by atoms with Crippen molar-refractivity contribution in [2.75, 3.05) is 6.54 Å². The van der Waals surface area contributed by atoms with E-state index in [4.69, 9.17) is 4.74 Å². The molecule has 0 atom stereocenters. The number of benzene rings is 2. The summed E-state index contributed by atoms with van der Waals surface area (Å²) in [5, 5.41) is 2.92. The molecule has 3 aromatic rings. The van der Waals surface area contributed by atoms with Crippen molar-refractivity contribution < 1.29 is 9.53 Å². The maximum absolute atomic E-state index is 12.3. The smallest absolute Gasteiger partial charge is 0.251 e. The molecule has 1 fully saturated rings. The third-order valence-electron chi connectivity index (χ3n) is 5.66. The van der Waals surface area contributed by atoms with Crippen LogP contribution >= 0.6 is 0 Å². The van der Waals surface area contributed by atoms with E-state index in [2.05, 4.69) is 16.4 Å². The van der Waals surface area contributed by atoms with E-state index < -0.39 is 0 Å². The number of hydrogen-bond donors (Lipinski definition) is 1. The molecule has 28 heavy (non-hydrogen) atoms. The molecular formula is C23H23N3O2. The molecule has 1 aromatic heterocycles. The maximum atomic E-state index is 12.3. The number of hydrogen-bond acceptors (Lipinski definition) is 3. The molecule has 5 heteroatoms. The summed E-state index contributed by atoms with van der Waals surface area (Å²) >= 11 is 0. The van der Waals surface area contributed by atoms with Crippen molar-refractivity contribution in [2.24, 2.45) is 0 Å². The summed E-state index contributed by atoms with van der Waals surface area (Å²) in [6, 6.07) is 14.1. The largest absolute Gasteiger partial charge is 0.490 e. The van der Waals surface area contributed by atoms with Crippen LogP contribution in [0.3, 0.4) is 0 Å². The molecule has 0 bridgehead atoms. The molecule has 0 spiro atoms. The highest BCUT2D eigenvalue weighted by atomic mass is 16.5. The summed E-state index contributed by atoms with van der Waals surface area (Å²) in [6.07, 6.45) is 9.58. The Hall–Kier alpha value is -3.08. The predicted octanol–water partition coefficient (Wildman–Crippen LogP) is 4.15. The lowest BCUT2D eigenvalue weighted by Gasteiger charge is -2.19. The van der Waals surface area contributed by atoms with E-state index in [0.29, 0.717) is 6.54 Å². The first-order valence-electron chi connectivity index (χ1n) is 10.0. The van der Waals surface area contributed by atoms with E-state index in [1.165, 1.54) is 12.8 Å². The topological polar surface area (TPSA) is 56.2 Å². The maximum Gasteiger partial charge on any atom is 0.251 e. The Labute approximate surface area is 164 Å². The van der Waals surface area contributed by atoms with Gasteiger partial charge in [-0.2, -0.15) is 0 Å². The van der Waals surface area contributed by atoms with Gasteiger partial charge in [0.2, 0.25) is 0 Å². The van der Waals surface area contributed by atoms with Gasteiger partial charge in [-0.15, -0.1) is 0 Å². The first-order chi connectivity index (χ1) is 13.8. The fourth-order valence-corrected chi connectivity index (χ4v) is 4.20. The lowest BCUT2D eigenvalue weighted by atomic mass is 9.99. The van der Waals surface area contributed by atoms with Crippen LogP contribution in [0.4, 0.5) is 0 Å². The Kier molecular flexibility index (Phi) is 4.35. The second-order valence-corrected chi connectivity index (χ2v) is 7.49. The lowest BCUT2D eigenvalue weighted by Crippen LogP contribution is -2.31. The Morgan fingerprint density at radius 2 is 1.93 bits per heavy atom. The molecule has 142 valence electrons. The highest BCUT2D eigenvalue weighted by Crippen LogP contribution is 2.33. The highest BCUT2D eigenvalue weighted by molar-refractivity contribution is 5.97. The van der Waals surface area contributed by atoms with Crippen LogP contribution in [0, 0.1) is 0 Å². The van der Waals surface area contributed by atoms with Crippen LogP contribution < -0.4 is 10.1 Å². The van der Waals surface area contributed by atoms with E-state index >= 15 is 0 Å². The number of imidazole rings is 1. The number of rotatable bonds is 4. The number of ether oxygens (including phenoxy) is 1. The molecule has 1 N–H and O–H groups in total. The Bertz CT molecular complexity index is 1020. The van der Waals surface area contributed by atoms with Crippen molar-refractivity contribution in [3.8, 4) is 22.8 Å². The minimum atomic E-state index is -0.00488. The van der Waals surface area contributed by atoms with Crippen molar-refractivity contribution in [3.05, 3.63) is 66.0 Å². The van der Waals surface area contributed by atoms with E-state index in [-0.39, 0.29) is 12.0 Å². The third-order valence-corrected chi connectivity index (χ3v) is 5.66. The van der Waals surface area contributed by atoms with Crippen LogP contribution in [-0.4, -0.2) is 28.1 Å².